The molecule has 8 heteroatoms. The highest BCUT2D eigenvalue weighted by atomic mass is 16.7. The van der Waals surface area contributed by atoms with Crippen LogP contribution in [0.2, 0.25) is 0 Å². The summed E-state index contributed by atoms with van der Waals surface area (Å²) < 4.78 is 15.8. The SMILES string of the molecule is COCC[NH+](CC(=O)Nc1ccc2c(c1)OCO2)CC(=O)Nc1cccc(C)c1C. The van der Waals surface area contributed by atoms with Crippen LogP contribution < -0.4 is 25.0 Å². The van der Waals surface area contributed by atoms with E-state index < -0.39 is 0 Å². The van der Waals surface area contributed by atoms with Gasteiger partial charge in [0.2, 0.25) is 6.79 Å². The molecule has 1 aliphatic heterocycles. The number of methoxy groups -OCH3 is 1. The molecule has 0 spiro atoms. The van der Waals surface area contributed by atoms with Crippen molar-refractivity contribution in [1.82, 2.24) is 0 Å². The summed E-state index contributed by atoms with van der Waals surface area (Å²) in [5.74, 6) is 0.915. The Morgan fingerprint density at radius 1 is 1.03 bits per heavy atom. The molecule has 0 aliphatic carbocycles. The number of rotatable bonds is 9. The Hall–Kier alpha value is -3.10. The third-order valence-corrected chi connectivity index (χ3v) is 5.02. The highest BCUT2D eigenvalue weighted by molar-refractivity contribution is 5.93. The fourth-order valence-corrected chi connectivity index (χ4v) is 3.20. The second-order valence-corrected chi connectivity index (χ2v) is 7.26. The van der Waals surface area contributed by atoms with Gasteiger partial charge in [0.15, 0.2) is 24.6 Å². The van der Waals surface area contributed by atoms with Gasteiger partial charge in [0, 0.05) is 24.6 Å². The van der Waals surface area contributed by atoms with Crippen LogP contribution in [0.4, 0.5) is 11.4 Å². The van der Waals surface area contributed by atoms with Crippen LogP contribution in [0.1, 0.15) is 11.1 Å². The third kappa shape index (κ3) is 5.71. The van der Waals surface area contributed by atoms with E-state index in [-0.39, 0.29) is 31.7 Å². The third-order valence-electron chi connectivity index (χ3n) is 5.02. The predicted molar refractivity (Wildman–Crippen MR) is 113 cm³/mol. The zero-order valence-electron chi connectivity index (χ0n) is 17.5. The van der Waals surface area contributed by atoms with Crippen molar-refractivity contribution >= 4 is 23.2 Å². The van der Waals surface area contributed by atoms with E-state index in [1.807, 2.05) is 32.0 Å². The zero-order valence-corrected chi connectivity index (χ0v) is 17.5. The lowest BCUT2D eigenvalue weighted by molar-refractivity contribution is -0.883. The summed E-state index contributed by atoms with van der Waals surface area (Å²) in [6, 6.07) is 11.0. The Labute approximate surface area is 176 Å². The predicted octanol–water partition coefficient (Wildman–Crippen LogP) is 1.14. The molecule has 1 unspecified atom stereocenters. The average molecular weight is 414 g/mol. The normalized spacial score (nSPS) is 13.0. The summed E-state index contributed by atoms with van der Waals surface area (Å²) in [7, 11) is 1.60. The van der Waals surface area contributed by atoms with Crippen molar-refractivity contribution in [1.29, 1.82) is 0 Å². The molecule has 0 radical (unpaired) electrons. The minimum absolute atomic E-state index is 0.137. The Morgan fingerprint density at radius 2 is 1.77 bits per heavy atom. The molecule has 1 heterocycles. The van der Waals surface area contributed by atoms with Crippen LogP contribution in [0.3, 0.4) is 0 Å². The van der Waals surface area contributed by atoms with E-state index in [2.05, 4.69) is 10.6 Å². The van der Waals surface area contributed by atoms with Gasteiger partial charge < -0.3 is 29.7 Å². The zero-order chi connectivity index (χ0) is 21.5. The molecular weight excluding hydrogens is 386 g/mol. The first-order valence-electron chi connectivity index (χ1n) is 9.84. The minimum atomic E-state index is -0.195. The Morgan fingerprint density at radius 3 is 2.53 bits per heavy atom. The number of benzene rings is 2. The van der Waals surface area contributed by atoms with Crippen LogP contribution in [0.5, 0.6) is 11.5 Å². The number of ether oxygens (including phenoxy) is 3. The van der Waals surface area contributed by atoms with E-state index in [1.54, 1.807) is 25.3 Å². The molecule has 160 valence electrons. The fraction of sp³-hybridized carbons (Fsp3) is 0.364. The van der Waals surface area contributed by atoms with Crippen molar-refractivity contribution < 1.29 is 28.7 Å². The highest BCUT2D eigenvalue weighted by Gasteiger charge is 2.20. The maximum Gasteiger partial charge on any atom is 0.279 e. The second-order valence-electron chi connectivity index (χ2n) is 7.26. The summed E-state index contributed by atoms with van der Waals surface area (Å²) >= 11 is 0. The largest absolute Gasteiger partial charge is 0.454 e. The van der Waals surface area contributed by atoms with E-state index in [1.165, 1.54) is 0 Å². The molecule has 0 aromatic heterocycles. The molecule has 8 nitrogen and oxygen atoms in total. The Bertz CT molecular complexity index is 916. The van der Waals surface area contributed by atoms with E-state index in [9.17, 15) is 9.59 Å². The fourth-order valence-electron chi connectivity index (χ4n) is 3.20. The maximum absolute atomic E-state index is 12.6. The van der Waals surface area contributed by atoms with Crippen LogP contribution in [0.15, 0.2) is 36.4 Å². The molecule has 0 bridgehead atoms. The smallest absolute Gasteiger partial charge is 0.279 e. The van der Waals surface area contributed by atoms with Crippen molar-refractivity contribution in [3.05, 3.63) is 47.5 Å². The van der Waals surface area contributed by atoms with Crippen molar-refractivity contribution in [3.8, 4) is 11.5 Å². The Kier molecular flexibility index (Phi) is 7.26. The summed E-state index contributed by atoms with van der Waals surface area (Å²) in [4.78, 5) is 25.9. The highest BCUT2D eigenvalue weighted by Crippen LogP contribution is 2.34. The van der Waals surface area contributed by atoms with Gasteiger partial charge in [0.05, 0.1) is 6.61 Å². The molecule has 1 aliphatic rings. The summed E-state index contributed by atoms with van der Waals surface area (Å²) in [5.41, 5.74) is 3.55. The summed E-state index contributed by atoms with van der Waals surface area (Å²) in [5, 5.41) is 5.80. The van der Waals surface area contributed by atoms with Crippen molar-refractivity contribution in [2.24, 2.45) is 0 Å². The van der Waals surface area contributed by atoms with E-state index in [0.717, 1.165) is 21.7 Å². The number of hydrogen-bond donors (Lipinski definition) is 3. The average Bonchev–Trinajstić information content (AvgIpc) is 3.17. The van der Waals surface area contributed by atoms with Crippen LogP contribution in [-0.2, 0) is 14.3 Å². The molecule has 0 fully saturated rings. The number of hydrogen-bond acceptors (Lipinski definition) is 5. The molecule has 2 amide bonds. The van der Waals surface area contributed by atoms with Gasteiger partial charge in [-0.1, -0.05) is 12.1 Å². The number of fused-ring (bicyclic) bond motifs is 1. The lowest BCUT2D eigenvalue weighted by atomic mass is 10.1. The van der Waals surface area contributed by atoms with E-state index in [4.69, 9.17) is 14.2 Å². The van der Waals surface area contributed by atoms with Crippen LogP contribution in [-0.4, -0.2) is 52.0 Å². The van der Waals surface area contributed by atoms with Crippen LogP contribution in [0, 0.1) is 13.8 Å². The first-order chi connectivity index (χ1) is 14.5. The molecule has 2 aromatic rings. The van der Waals surface area contributed by atoms with Gasteiger partial charge >= 0.3 is 0 Å². The summed E-state index contributed by atoms with van der Waals surface area (Å²) in [6.45, 7) is 5.43. The molecule has 1 atom stereocenters. The van der Waals surface area contributed by atoms with Gasteiger partial charge in [-0.15, -0.1) is 0 Å². The lowest BCUT2D eigenvalue weighted by Gasteiger charge is -2.19. The van der Waals surface area contributed by atoms with Gasteiger partial charge in [-0.05, 0) is 43.2 Å². The van der Waals surface area contributed by atoms with Crippen LogP contribution in [0.25, 0.3) is 0 Å². The minimum Gasteiger partial charge on any atom is -0.454 e. The van der Waals surface area contributed by atoms with Crippen molar-refractivity contribution in [2.45, 2.75) is 13.8 Å². The number of carbonyl (C=O) groups is 2. The number of amides is 2. The first-order valence-corrected chi connectivity index (χ1v) is 9.84. The molecule has 30 heavy (non-hydrogen) atoms. The van der Waals surface area contributed by atoms with Gasteiger partial charge in [-0.25, -0.2) is 0 Å². The topological polar surface area (TPSA) is 90.3 Å². The number of anilines is 2. The van der Waals surface area contributed by atoms with Crippen LogP contribution >= 0.6 is 0 Å². The number of aryl methyl sites for hydroxylation is 1. The van der Waals surface area contributed by atoms with Gasteiger partial charge in [-0.2, -0.15) is 0 Å². The molecular formula is C22H28N3O5+. The monoisotopic (exact) mass is 414 g/mol. The van der Waals surface area contributed by atoms with Crippen molar-refractivity contribution in [3.63, 3.8) is 0 Å². The lowest BCUT2D eigenvalue weighted by Crippen LogP contribution is -3.14. The standard InChI is InChI=1S/C22H27N3O5/c1-15-5-4-6-18(16(15)2)24-22(27)13-25(9-10-28-3)12-21(26)23-17-7-8-19-20(11-17)30-14-29-19/h4-8,11H,9-10,12-14H2,1-3H3,(H,23,26)(H,24,27)/p+1. The van der Waals surface area contributed by atoms with Gasteiger partial charge in [0.1, 0.15) is 6.54 Å². The molecule has 0 saturated carbocycles. The molecule has 3 rings (SSSR count). The van der Waals surface area contributed by atoms with Crippen molar-refractivity contribution in [2.75, 3.05) is 50.8 Å². The van der Waals surface area contributed by atoms with E-state index in [0.29, 0.717) is 30.3 Å². The summed E-state index contributed by atoms with van der Waals surface area (Å²) in [6.07, 6.45) is 0. The number of quaternary nitrogens is 1. The van der Waals surface area contributed by atoms with Gasteiger partial charge in [-0.3, -0.25) is 9.59 Å². The molecule has 0 saturated heterocycles. The second kappa shape index (κ2) is 10.1. The number of nitrogens with one attached hydrogen (secondary N) is 3. The van der Waals surface area contributed by atoms with E-state index >= 15 is 0 Å². The Balaban J connectivity index is 1.58. The molecule has 3 N–H and O–H groups in total. The van der Waals surface area contributed by atoms with Gasteiger partial charge in [0.25, 0.3) is 11.8 Å². The molecule has 2 aromatic carbocycles. The quantitative estimate of drug-likeness (QED) is 0.573. The first kappa shape index (κ1) is 21.6. The maximum atomic E-state index is 12.6. The number of carbonyl (C=O) groups excluding carboxylic acids is 2.